The first-order chi connectivity index (χ1) is 7.88. The Bertz CT molecular complexity index is 402. The maximum Gasteiger partial charge on any atom is 0.0342 e. The lowest BCUT2D eigenvalue weighted by Gasteiger charge is -2.19. The first-order valence-corrected chi connectivity index (χ1v) is 7.19. The van der Waals surface area contributed by atoms with Crippen molar-refractivity contribution in [2.75, 3.05) is 0 Å². The summed E-state index contributed by atoms with van der Waals surface area (Å²) in [5, 5.41) is 3.47. The highest BCUT2D eigenvalue weighted by Crippen LogP contribution is 2.23. The molecule has 2 rings (SSSR count). The second-order valence-electron chi connectivity index (χ2n) is 6.12. The van der Waals surface area contributed by atoms with Crippen LogP contribution in [0.2, 0.25) is 0 Å². The number of fused-ring (bicyclic) bond motifs is 1. The molecule has 0 nitrogen and oxygen atoms in total. The van der Waals surface area contributed by atoms with Crippen molar-refractivity contribution in [2.45, 2.75) is 41.0 Å². The van der Waals surface area contributed by atoms with E-state index in [9.17, 15) is 0 Å². The van der Waals surface area contributed by atoms with Gasteiger partial charge < -0.3 is 0 Å². The summed E-state index contributed by atoms with van der Waals surface area (Å²) in [7, 11) is 0. The van der Waals surface area contributed by atoms with E-state index < -0.39 is 0 Å². The van der Waals surface area contributed by atoms with Gasteiger partial charge in [-0.25, -0.2) is 0 Å². The van der Waals surface area contributed by atoms with E-state index in [1.165, 1.54) is 16.5 Å². The van der Waals surface area contributed by atoms with Crippen molar-refractivity contribution in [1.82, 2.24) is 0 Å². The average molecular weight is 248 g/mol. The number of benzene rings is 1. The molecule has 1 heteroatoms. The fraction of sp³-hybridized carbons (Fsp3) is 0.500. The van der Waals surface area contributed by atoms with Crippen LogP contribution in [0.1, 0.15) is 41.0 Å². The van der Waals surface area contributed by atoms with E-state index in [-0.39, 0.29) is 0 Å². The van der Waals surface area contributed by atoms with Crippen LogP contribution in [0.25, 0.3) is 10.1 Å². The largest absolute Gasteiger partial charge is 0.144 e. The molecule has 0 radical (unpaired) electrons. The summed E-state index contributed by atoms with van der Waals surface area (Å²) in [4.78, 5) is 0. The molecule has 0 unspecified atom stereocenters. The van der Waals surface area contributed by atoms with Gasteiger partial charge in [-0.05, 0) is 40.7 Å². The third kappa shape index (κ3) is 5.88. The molecule has 0 N–H and O–H groups in total. The zero-order chi connectivity index (χ0) is 12.9. The SMILES string of the molecule is CC(C)CC(C)(C)C.c1ccc2sccc2c1. The highest BCUT2D eigenvalue weighted by atomic mass is 32.1. The summed E-state index contributed by atoms with van der Waals surface area (Å²) >= 11 is 1.79. The van der Waals surface area contributed by atoms with Crippen LogP contribution >= 0.6 is 11.3 Å². The molecule has 0 bridgehead atoms. The van der Waals surface area contributed by atoms with Crippen LogP contribution in [0, 0.1) is 11.3 Å². The van der Waals surface area contributed by atoms with Gasteiger partial charge in [-0.3, -0.25) is 0 Å². The van der Waals surface area contributed by atoms with Crippen LogP contribution in [0.5, 0.6) is 0 Å². The summed E-state index contributed by atoms with van der Waals surface area (Å²) in [5.41, 5.74) is 0.522. The smallest absolute Gasteiger partial charge is 0.0342 e. The second kappa shape index (κ2) is 6.20. The number of rotatable bonds is 1. The van der Waals surface area contributed by atoms with Crippen molar-refractivity contribution in [3.8, 4) is 0 Å². The van der Waals surface area contributed by atoms with Gasteiger partial charge in [0.1, 0.15) is 0 Å². The number of hydrogen-bond acceptors (Lipinski definition) is 1. The minimum atomic E-state index is 0.522. The molecule has 0 atom stereocenters. The predicted molar refractivity (Wildman–Crippen MR) is 80.7 cm³/mol. The Morgan fingerprint density at radius 3 is 2.18 bits per heavy atom. The van der Waals surface area contributed by atoms with Crippen LogP contribution < -0.4 is 0 Å². The Labute approximate surface area is 110 Å². The average Bonchev–Trinajstić information content (AvgIpc) is 2.61. The highest BCUT2D eigenvalue weighted by Gasteiger charge is 2.11. The highest BCUT2D eigenvalue weighted by molar-refractivity contribution is 7.17. The van der Waals surface area contributed by atoms with Crippen LogP contribution in [-0.2, 0) is 0 Å². The fourth-order valence-corrected chi connectivity index (χ4v) is 2.92. The van der Waals surface area contributed by atoms with Crippen LogP contribution in [0.3, 0.4) is 0 Å². The van der Waals surface area contributed by atoms with E-state index in [4.69, 9.17) is 0 Å². The van der Waals surface area contributed by atoms with E-state index in [1.54, 1.807) is 11.3 Å². The normalized spacial score (nSPS) is 11.4. The maximum atomic E-state index is 2.28. The summed E-state index contributed by atoms with van der Waals surface area (Å²) in [5.74, 6) is 0.843. The summed E-state index contributed by atoms with van der Waals surface area (Å²) in [6.45, 7) is 11.4. The van der Waals surface area contributed by atoms with Crippen molar-refractivity contribution in [3.63, 3.8) is 0 Å². The number of hydrogen-bond donors (Lipinski definition) is 0. The van der Waals surface area contributed by atoms with Crippen LogP contribution in [0.15, 0.2) is 35.7 Å². The van der Waals surface area contributed by atoms with Gasteiger partial charge in [-0.15, -0.1) is 11.3 Å². The Balaban J connectivity index is 0.000000172. The molecule has 0 saturated carbocycles. The first-order valence-electron chi connectivity index (χ1n) is 6.31. The molecule has 1 aromatic carbocycles. The quantitative estimate of drug-likeness (QED) is 0.582. The van der Waals surface area contributed by atoms with Crippen molar-refractivity contribution in [1.29, 1.82) is 0 Å². The van der Waals surface area contributed by atoms with Gasteiger partial charge in [0.25, 0.3) is 0 Å². The van der Waals surface area contributed by atoms with Crippen molar-refractivity contribution < 1.29 is 0 Å². The lowest BCUT2D eigenvalue weighted by molar-refractivity contribution is 0.320. The maximum absolute atomic E-state index is 2.28. The summed E-state index contributed by atoms with van der Waals surface area (Å²) < 4.78 is 1.37. The zero-order valence-corrected chi connectivity index (χ0v) is 12.5. The minimum Gasteiger partial charge on any atom is -0.144 e. The van der Waals surface area contributed by atoms with E-state index in [2.05, 4.69) is 70.3 Å². The molecule has 94 valence electrons. The molecule has 0 fully saturated rings. The predicted octanol–water partition coefficient (Wildman–Crippen LogP) is 5.98. The third-order valence-corrected chi connectivity index (χ3v) is 3.28. The van der Waals surface area contributed by atoms with Gasteiger partial charge >= 0.3 is 0 Å². The van der Waals surface area contributed by atoms with Crippen LogP contribution in [0.4, 0.5) is 0 Å². The number of thiophene rings is 1. The van der Waals surface area contributed by atoms with Gasteiger partial charge in [0.2, 0.25) is 0 Å². The van der Waals surface area contributed by atoms with Gasteiger partial charge in [0.15, 0.2) is 0 Å². The lowest BCUT2D eigenvalue weighted by atomic mass is 9.86. The van der Waals surface area contributed by atoms with Crippen molar-refractivity contribution in [2.24, 2.45) is 11.3 Å². The van der Waals surface area contributed by atoms with Gasteiger partial charge in [-0.2, -0.15) is 0 Å². The molecule has 17 heavy (non-hydrogen) atoms. The summed E-state index contributed by atoms with van der Waals surface area (Å²) in [6, 6.07) is 10.5. The molecule has 0 aliphatic heterocycles. The molecule has 1 aromatic heterocycles. The summed E-state index contributed by atoms with van der Waals surface area (Å²) in [6.07, 6.45) is 1.33. The van der Waals surface area contributed by atoms with Gasteiger partial charge in [0, 0.05) is 4.70 Å². The molecule has 1 heterocycles. The van der Waals surface area contributed by atoms with Gasteiger partial charge in [-0.1, -0.05) is 52.8 Å². The van der Waals surface area contributed by atoms with E-state index >= 15 is 0 Å². The Kier molecular flexibility index (Phi) is 5.20. The Hall–Kier alpha value is -0.820. The van der Waals surface area contributed by atoms with Crippen LogP contribution in [-0.4, -0.2) is 0 Å². The van der Waals surface area contributed by atoms with E-state index in [0.717, 1.165) is 5.92 Å². The standard InChI is InChI=1S/C8H6S.C8H18/c1-2-4-8-7(3-1)5-6-9-8;1-7(2)6-8(3,4)5/h1-6H;7H,6H2,1-5H3. The lowest BCUT2D eigenvalue weighted by Crippen LogP contribution is -2.08. The molecule has 0 spiro atoms. The molecule has 0 amide bonds. The molecule has 0 saturated heterocycles. The zero-order valence-electron chi connectivity index (χ0n) is 11.7. The van der Waals surface area contributed by atoms with E-state index in [0.29, 0.717) is 5.41 Å². The molecular formula is C16H24S. The fourth-order valence-electron chi connectivity index (χ4n) is 2.13. The Morgan fingerprint density at radius 1 is 1.06 bits per heavy atom. The van der Waals surface area contributed by atoms with Crippen molar-refractivity contribution in [3.05, 3.63) is 35.7 Å². The van der Waals surface area contributed by atoms with E-state index in [1.807, 2.05) is 0 Å². The first kappa shape index (κ1) is 14.2. The molecular weight excluding hydrogens is 224 g/mol. The Morgan fingerprint density at radius 2 is 1.71 bits per heavy atom. The molecule has 2 aromatic rings. The monoisotopic (exact) mass is 248 g/mol. The molecule has 0 aliphatic carbocycles. The second-order valence-corrected chi connectivity index (χ2v) is 7.06. The van der Waals surface area contributed by atoms with Gasteiger partial charge in [0.05, 0.1) is 0 Å². The third-order valence-electron chi connectivity index (χ3n) is 2.38. The topological polar surface area (TPSA) is 0 Å². The van der Waals surface area contributed by atoms with Crippen molar-refractivity contribution >= 4 is 21.4 Å². The minimum absolute atomic E-state index is 0.522. The molecule has 0 aliphatic rings.